The number of piperidine rings is 1. The first-order chi connectivity index (χ1) is 6.36. The van der Waals surface area contributed by atoms with E-state index in [0.717, 1.165) is 12.1 Å². The van der Waals surface area contributed by atoms with Crippen molar-refractivity contribution in [1.82, 2.24) is 10.2 Å². The third-order valence-corrected chi connectivity index (χ3v) is 3.41. The van der Waals surface area contributed by atoms with E-state index in [2.05, 4.69) is 17.3 Å². The van der Waals surface area contributed by atoms with Crippen molar-refractivity contribution in [2.45, 2.75) is 50.6 Å². The average Bonchev–Trinajstić information content (AvgIpc) is 2.92. The molecule has 2 aliphatic rings. The molecule has 0 aromatic heterocycles. The van der Waals surface area contributed by atoms with Gasteiger partial charge in [0, 0.05) is 12.1 Å². The second-order valence-electron chi connectivity index (χ2n) is 4.65. The van der Waals surface area contributed by atoms with Gasteiger partial charge in [-0.3, -0.25) is 0 Å². The van der Waals surface area contributed by atoms with E-state index >= 15 is 0 Å². The zero-order valence-corrected chi connectivity index (χ0v) is 8.76. The summed E-state index contributed by atoms with van der Waals surface area (Å²) in [7, 11) is 2.28. The zero-order valence-electron chi connectivity index (χ0n) is 8.76. The number of hydrogen-bond donors (Lipinski definition) is 1. The summed E-state index contributed by atoms with van der Waals surface area (Å²) in [4.78, 5) is 2.54. The van der Waals surface area contributed by atoms with Gasteiger partial charge in [-0.15, -0.1) is 0 Å². The lowest BCUT2D eigenvalue weighted by Crippen LogP contribution is -2.38. The van der Waals surface area contributed by atoms with Gasteiger partial charge in [0.1, 0.15) is 0 Å². The van der Waals surface area contributed by atoms with E-state index in [9.17, 15) is 0 Å². The molecule has 1 aliphatic carbocycles. The molecule has 2 fully saturated rings. The summed E-state index contributed by atoms with van der Waals surface area (Å²) in [6.45, 7) is 2.55. The summed E-state index contributed by atoms with van der Waals surface area (Å²) >= 11 is 0. The van der Waals surface area contributed by atoms with Gasteiger partial charge >= 0.3 is 0 Å². The lowest BCUT2D eigenvalue weighted by molar-refractivity contribution is 0.175. The predicted molar refractivity (Wildman–Crippen MR) is 55.9 cm³/mol. The lowest BCUT2D eigenvalue weighted by Gasteiger charge is -2.32. The van der Waals surface area contributed by atoms with Crippen LogP contribution in [0.4, 0.5) is 0 Å². The fourth-order valence-electron chi connectivity index (χ4n) is 2.25. The van der Waals surface area contributed by atoms with Crippen LogP contribution in [0.15, 0.2) is 0 Å². The van der Waals surface area contributed by atoms with Crippen molar-refractivity contribution in [3.05, 3.63) is 0 Å². The molecular formula is C11H22N2. The highest BCUT2D eigenvalue weighted by atomic mass is 15.1. The summed E-state index contributed by atoms with van der Waals surface area (Å²) in [5, 5.41) is 3.60. The first-order valence-electron chi connectivity index (χ1n) is 5.80. The molecule has 0 aromatic rings. The molecule has 0 radical (unpaired) electrons. The summed E-state index contributed by atoms with van der Waals surface area (Å²) in [6, 6.07) is 1.74. The summed E-state index contributed by atoms with van der Waals surface area (Å²) in [5.41, 5.74) is 0. The second kappa shape index (κ2) is 4.43. The van der Waals surface area contributed by atoms with Gasteiger partial charge < -0.3 is 10.2 Å². The van der Waals surface area contributed by atoms with Gasteiger partial charge in [0.25, 0.3) is 0 Å². The highest BCUT2D eigenvalue weighted by Crippen LogP contribution is 2.20. The van der Waals surface area contributed by atoms with E-state index in [0.29, 0.717) is 0 Å². The van der Waals surface area contributed by atoms with Crippen molar-refractivity contribution in [3.63, 3.8) is 0 Å². The van der Waals surface area contributed by atoms with Crippen LogP contribution in [0.5, 0.6) is 0 Å². The fraction of sp³-hybridized carbons (Fsp3) is 1.00. The number of hydrogen-bond acceptors (Lipinski definition) is 2. The van der Waals surface area contributed by atoms with Crippen molar-refractivity contribution in [1.29, 1.82) is 0 Å². The highest BCUT2D eigenvalue weighted by molar-refractivity contribution is 4.82. The Balaban J connectivity index is 1.60. The molecule has 1 aliphatic heterocycles. The van der Waals surface area contributed by atoms with Crippen LogP contribution in [0, 0.1) is 0 Å². The molecule has 1 heterocycles. The summed E-state index contributed by atoms with van der Waals surface area (Å²) in [6.07, 6.45) is 8.46. The molecule has 13 heavy (non-hydrogen) atoms. The Labute approximate surface area is 81.7 Å². The minimum absolute atomic E-state index is 0.861. The normalized spacial score (nSPS) is 30.7. The van der Waals surface area contributed by atoms with Crippen LogP contribution in [0.3, 0.4) is 0 Å². The maximum absolute atomic E-state index is 3.60. The second-order valence-corrected chi connectivity index (χ2v) is 4.65. The monoisotopic (exact) mass is 182 g/mol. The van der Waals surface area contributed by atoms with Gasteiger partial charge in [0.2, 0.25) is 0 Å². The number of rotatable bonds is 4. The molecule has 1 N–H and O–H groups in total. The van der Waals surface area contributed by atoms with E-state index in [-0.39, 0.29) is 0 Å². The fourth-order valence-corrected chi connectivity index (χ4v) is 2.25. The summed E-state index contributed by atoms with van der Waals surface area (Å²) < 4.78 is 0. The van der Waals surface area contributed by atoms with Gasteiger partial charge in [-0.2, -0.15) is 0 Å². The smallest absolute Gasteiger partial charge is 0.0104 e. The minimum atomic E-state index is 0.861. The van der Waals surface area contributed by atoms with Crippen LogP contribution in [0.1, 0.15) is 38.5 Å². The van der Waals surface area contributed by atoms with Crippen molar-refractivity contribution in [2.75, 3.05) is 20.1 Å². The molecule has 1 unspecified atom stereocenters. The largest absolute Gasteiger partial charge is 0.314 e. The minimum Gasteiger partial charge on any atom is -0.314 e. The molecule has 0 spiro atoms. The van der Waals surface area contributed by atoms with Gasteiger partial charge in [-0.1, -0.05) is 6.42 Å². The van der Waals surface area contributed by atoms with Crippen molar-refractivity contribution >= 4 is 0 Å². The van der Waals surface area contributed by atoms with E-state index in [1.54, 1.807) is 0 Å². The molecule has 0 aromatic carbocycles. The Morgan fingerprint density at radius 1 is 1.23 bits per heavy atom. The van der Waals surface area contributed by atoms with Gasteiger partial charge in [0.15, 0.2) is 0 Å². The molecular weight excluding hydrogens is 160 g/mol. The molecule has 1 saturated carbocycles. The van der Waals surface area contributed by atoms with Crippen LogP contribution in [0.2, 0.25) is 0 Å². The molecule has 2 heteroatoms. The SMILES string of the molecule is CN1CCCCC1CCNC1CC1. The molecule has 76 valence electrons. The van der Waals surface area contributed by atoms with E-state index in [4.69, 9.17) is 0 Å². The molecule has 2 rings (SSSR count). The Kier molecular flexibility index (Phi) is 3.23. The molecule has 2 nitrogen and oxygen atoms in total. The van der Waals surface area contributed by atoms with E-state index in [1.807, 2.05) is 0 Å². The Morgan fingerprint density at radius 2 is 2.08 bits per heavy atom. The maximum atomic E-state index is 3.60. The zero-order chi connectivity index (χ0) is 9.10. The van der Waals surface area contributed by atoms with Crippen molar-refractivity contribution in [3.8, 4) is 0 Å². The third-order valence-electron chi connectivity index (χ3n) is 3.41. The predicted octanol–water partition coefficient (Wildman–Crippen LogP) is 1.61. The standard InChI is InChI=1S/C11H22N2/c1-13-9-3-2-4-11(13)7-8-12-10-5-6-10/h10-12H,2-9H2,1H3. The van der Waals surface area contributed by atoms with Crippen LogP contribution >= 0.6 is 0 Å². The third kappa shape index (κ3) is 2.96. The highest BCUT2D eigenvalue weighted by Gasteiger charge is 2.22. The molecule has 0 bridgehead atoms. The number of nitrogens with zero attached hydrogens (tertiary/aromatic N) is 1. The topological polar surface area (TPSA) is 15.3 Å². The number of likely N-dealkylation sites (tertiary alicyclic amines) is 1. The van der Waals surface area contributed by atoms with Crippen LogP contribution in [-0.4, -0.2) is 37.1 Å². The van der Waals surface area contributed by atoms with Crippen LogP contribution in [0.25, 0.3) is 0 Å². The van der Waals surface area contributed by atoms with Crippen molar-refractivity contribution < 1.29 is 0 Å². The van der Waals surface area contributed by atoms with Crippen LogP contribution in [-0.2, 0) is 0 Å². The summed E-state index contributed by atoms with van der Waals surface area (Å²) in [5.74, 6) is 0. The Morgan fingerprint density at radius 3 is 2.77 bits per heavy atom. The van der Waals surface area contributed by atoms with Crippen molar-refractivity contribution in [2.24, 2.45) is 0 Å². The van der Waals surface area contributed by atoms with E-state index in [1.165, 1.54) is 51.6 Å². The van der Waals surface area contributed by atoms with Gasteiger partial charge in [0.05, 0.1) is 0 Å². The molecule has 1 saturated heterocycles. The van der Waals surface area contributed by atoms with E-state index < -0.39 is 0 Å². The lowest BCUT2D eigenvalue weighted by atomic mass is 10.0. The molecule has 0 amide bonds. The van der Waals surface area contributed by atoms with Gasteiger partial charge in [-0.05, 0) is 52.2 Å². The quantitative estimate of drug-likeness (QED) is 0.710. The van der Waals surface area contributed by atoms with Crippen LogP contribution < -0.4 is 5.32 Å². The maximum Gasteiger partial charge on any atom is 0.0104 e. The Bertz CT molecular complexity index is 154. The van der Waals surface area contributed by atoms with Gasteiger partial charge in [-0.25, -0.2) is 0 Å². The first-order valence-corrected chi connectivity index (χ1v) is 5.80. The number of nitrogens with one attached hydrogen (secondary N) is 1. The molecule has 1 atom stereocenters. The Hall–Kier alpha value is -0.0800. The average molecular weight is 182 g/mol. The first kappa shape index (κ1) is 9.47.